The third kappa shape index (κ3) is 3.88. The van der Waals surface area contributed by atoms with E-state index in [-0.39, 0.29) is 11.9 Å². The summed E-state index contributed by atoms with van der Waals surface area (Å²) in [5.74, 6) is 1.90. The summed E-state index contributed by atoms with van der Waals surface area (Å²) in [6.45, 7) is 3.06. The molecular weight excluding hydrogens is 362 g/mol. The molecule has 2 aromatic heterocycles. The second-order valence-electron chi connectivity index (χ2n) is 6.57. The van der Waals surface area contributed by atoms with Crippen LogP contribution in [0.4, 0.5) is 0 Å². The van der Waals surface area contributed by atoms with E-state index < -0.39 is 0 Å². The van der Waals surface area contributed by atoms with Crippen molar-refractivity contribution >= 4 is 17.2 Å². The lowest BCUT2D eigenvalue weighted by Gasteiger charge is -2.22. The monoisotopic (exact) mass is 383 g/mol. The minimum Gasteiger partial charge on any atom is -0.493 e. The minimum atomic E-state index is -0.143. The van der Waals surface area contributed by atoms with Crippen LogP contribution in [-0.4, -0.2) is 34.2 Å². The Balaban J connectivity index is 1.38. The molecule has 1 amide bonds. The number of hydrogen-bond donors (Lipinski definition) is 0. The number of ether oxygens (including phenoxy) is 1. The zero-order chi connectivity index (χ0) is 18.6. The van der Waals surface area contributed by atoms with Gasteiger partial charge in [0.05, 0.1) is 13.0 Å². The van der Waals surface area contributed by atoms with Crippen molar-refractivity contribution < 1.29 is 13.9 Å². The molecule has 4 rings (SSSR count). The number of amides is 1. The van der Waals surface area contributed by atoms with E-state index in [0.29, 0.717) is 31.4 Å². The lowest BCUT2D eigenvalue weighted by molar-refractivity contribution is -0.133. The van der Waals surface area contributed by atoms with E-state index in [1.54, 1.807) is 11.3 Å². The van der Waals surface area contributed by atoms with Crippen LogP contribution < -0.4 is 4.74 Å². The molecule has 1 atom stereocenters. The van der Waals surface area contributed by atoms with Crippen LogP contribution >= 0.6 is 11.3 Å². The Kier molecular flexibility index (Phi) is 5.20. The lowest BCUT2D eigenvalue weighted by Crippen LogP contribution is -2.31. The molecule has 1 aliphatic rings. The SMILES string of the molecule is Cc1ccccc1OCCC(=O)N1CCCC1c1nnc(-c2ccsc2)o1. The van der Waals surface area contributed by atoms with Crippen LogP contribution in [0.2, 0.25) is 0 Å². The van der Waals surface area contributed by atoms with Gasteiger partial charge in [0, 0.05) is 17.5 Å². The zero-order valence-electron chi connectivity index (χ0n) is 15.1. The van der Waals surface area contributed by atoms with Gasteiger partial charge in [-0.1, -0.05) is 18.2 Å². The smallest absolute Gasteiger partial charge is 0.248 e. The molecule has 1 saturated heterocycles. The fraction of sp³-hybridized carbons (Fsp3) is 0.350. The first-order valence-electron chi connectivity index (χ1n) is 9.06. The second kappa shape index (κ2) is 7.92. The van der Waals surface area contributed by atoms with Crippen LogP contribution in [0.3, 0.4) is 0 Å². The predicted molar refractivity (Wildman–Crippen MR) is 103 cm³/mol. The van der Waals surface area contributed by atoms with E-state index in [4.69, 9.17) is 9.15 Å². The highest BCUT2D eigenvalue weighted by atomic mass is 32.1. The number of para-hydroxylation sites is 1. The fourth-order valence-corrected chi connectivity index (χ4v) is 3.93. The van der Waals surface area contributed by atoms with E-state index in [2.05, 4.69) is 10.2 Å². The van der Waals surface area contributed by atoms with E-state index >= 15 is 0 Å². The van der Waals surface area contributed by atoms with Crippen LogP contribution in [0.5, 0.6) is 5.75 Å². The number of likely N-dealkylation sites (tertiary alicyclic amines) is 1. The van der Waals surface area contributed by atoms with Crippen molar-refractivity contribution in [1.29, 1.82) is 0 Å². The molecule has 6 nitrogen and oxygen atoms in total. The number of aryl methyl sites for hydroxylation is 1. The second-order valence-corrected chi connectivity index (χ2v) is 7.35. The van der Waals surface area contributed by atoms with E-state index in [1.165, 1.54) is 0 Å². The van der Waals surface area contributed by atoms with Gasteiger partial charge in [0.2, 0.25) is 17.7 Å². The number of rotatable bonds is 6. The first kappa shape index (κ1) is 17.7. The van der Waals surface area contributed by atoms with Gasteiger partial charge < -0.3 is 14.1 Å². The summed E-state index contributed by atoms with van der Waals surface area (Å²) in [7, 11) is 0. The van der Waals surface area contributed by atoms with E-state index in [1.807, 2.05) is 52.9 Å². The predicted octanol–water partition coefficient (Wildman–Crippen LogP) is 4.24. The number of carbonyl (C=O) groups excluding carboxylic acids is 1. The van der Waals surface area contributed by atoms with Crippen molar-refractivity contribution in [1.82, 2.24) is 15.1 Å². The normalized spacial score (nSPS) is 16.6. The van der Waals surface area contributed by atoms with Crippen molar-refractivity contribution in [2.45, 2.75) is 32.2 Å². The molecule has 1 unspecified atom stereocenters. The Morgan fingerprint density at radius 2 is 2.22 bits per heavy atom. The first-order chi connectivity index (χ1) is 13.2. The largest absolute Gasteiger partial charge is 0.493 e. The quantitative estimate of drug-likeness (QED) is 0.637. The van der Waals surface area contributed by atoms with Crippen molar-refractivity contribution in [2.24, 2.45) is 0 Å². The number of carbonyl (C=O) groups is 1. The Morgan fingerprint density at radius 1 is 1.33 bits per heavy atom. The van der Waals surface area contributed by atoms with Crippen LogP contribution in [0.1, 0.15) is 36.8 Å². The average Bonchev–Trinajstić information content (AvgIpc) is 3.42. The molecule has 1 aliphatic heterocycles. The van der Waals surface area contributed by atoms with Crippen molar-refractivity contribution in [3.05, 3.63) is 52.5 Å². The molecule has 0 bridgehead atoms. The summed E-state index contributed by atoms with van der Waals surface area (Å²) in [6.07, 6.45) is 2.11. The first-order valence-corrected chi connectivity index (χ1v) is 10.0. The zero-order valence-corrected chi connectivity index (χ0v) is 15.9. The summed E-state index contributed by atoms with van der Waals surface area (Å²) < 4.78 is 11.6. The molecular formula is C20H21N3O3S. The van der Waals surface area contributed by atoms with E-state index in [9.17, 15) is 4.79 Å². The van der Waals surface area contributed by atoms with Crippen LogP contribution in [-0.2, 0) is 4.79 Å². The molecule has 140 valence electrons. The number of aromatic nitrogens is 2. The van der Waals surface area contributed by atoms with E-state index in [0.717, 1.165) is 29.7 Å². The topological polar surface area (TPSA) is 68.5 Å². The number of hydrogen-bond acceptors (Lipinski definition) is 6. The molecule has 0 saturated carbocycles. The maximum absolute atomic E-state index is 12.7. The van der Waals surface area contributed by atoms with Gasteiger partial charge in [-0.2, -0.15) is 11.3 Å². The molecule has 1 fully saturated rings. The molecule has 0 N–H and O–H groups in total. The van der Waals surface area contributed by atoms with Gasteiger partial charge in [-0.3, -0.25) is 4.79 Å². The standard InChI is InChI=1S/C20H21N3O3S/c1-14-5-2-3-7-17(14)25-11-8-18(24)23-10-4-6-16(23)20-22-21-19(26-20)15-9-12-27-13-15/h2-3,5,7,9,12-13,16H,4,6,8,10-11H2,1H3. The summed E-state index contributed by atoms with van der Waals surface area (Å²) in [6, 6.07) is 9.62. The van der Waals surface area contributed by atoms with Gasteiger partial charge >= 0.3 is 0 Å². The Labute approximate surface area is 161 Å². The van der Waals surface area contributed by atoms with Gasteiger partial charge in [0.1, 0.15) is 11.8 Å². The molecule has 0 spiro atoms. The minimum absolute atomic E-state index is 0.0568. The van der Waals surface area contributed by atoms with Gasteiger partial charge in [-0.15, -0.1) is 10.2 Å². The number of benzene rings is 1. The summed E-state index contributed by atoms with van der Waals surface area (Å²) in [4.78, 5) is 14.5. The Bertz CT molecular complexity index is 907. The molecule has 27 heavy (non-hydrogen) atoms. The lowest BCUT2D eigenvalue weighted by atomic mass is 10.2. The summed E-state index contributed by atoms with van der Waals surface area (Å²) >= 11 is 1.58. The van der Waals surface area contributed by atoms with Gasteiger partial charge in [0.25, 0.3) is 0 Å². The van der Waals surface area contributed by atoms with Crippen molar-refractivity contribution in [3.8, 4) is 17.2 Å². The highest BCUT2D eigenvalue weighted by molar-refractivity contribution is 7.08. The average molecular weight is 383 g/mol. The highest BCUT2D eigenvalue weighted by Gasteiger charge is 2.33. The van der Waals surface area contributed by atoms with Crippen LogP contribution in [0.15, 0.2) is 45.5 Å². The molecule has 3 aromatic rings. The Morgan fingerprint density at radius 3 is 3.04 bits per heavy atom. The van der Waals surface area contributed by atoms with Crippen LogP contribution in [0, 0.1) is 6.92 Å². The third-order valence-corrected chi connectivity index (χ3v) is 5.42. The third-order valence-electron chi connectivity index (χ3n) is 4.73. The van der Waals surface area contributed by atoms with Crippen molar-refractivity contribution in [3.63, 3.8) is 0 Å². The highest BCUT2D eigenvalue weighted by Crippen LogP contribution is 2.33. The van der Waals surface area contributed by atoms with Gasteiger partial charge in [-0.05, 0) is 42.8 Å². The number of nitrogens with zero attached hydrogens (tertiary/aromatic N) is 3. The maximum Gasteiger partial charge on any atom is 0.248 e. The fourth-order valence-electron chi connectivity index (χ4n) is 3.30. The van der Waals surface area contributed by atoms with Crippen molar-refractivity contribution in [2.75, 3.05) is 13.2 Å². The molecule has 0 aliphatic carbocycles. The molecule has 3 heterocycles. The molecule has 0 radical (unpaired) electrons. The molecule has 1 aromatic carbocycles. The summed E-state index contributed by atoms with van der Waals surface area (Å²) in [5.41, 5.74) is 1.98. The maximum atomic E-state index is 12.7. The van der Waals surface area contributed by atoms with Gasteiger partial charge in [0.15, 0.2) is 0 Å². The van der Waals surface area contributed by atoms with Crippen LogP contribution in [0.25, 0.3) is 11.5 Å². The molecule has 7 heteroatoms. The summed E-state index contributed by atoms with van der Waals surface area (Å²) in [5, 5.41) is 12.3. The Hall–Kier alpha value is -2.67. The van der Waals surface area contributed by atoms with Gasteiger partial charge in [-0.25, -0.2) is 0 Å². The number of thiophene rings is 1.